The fourth-order valence-corrected chi connectivity index (χ4v) is 3.17. The van der Waals surface area contributed by atoms with Crippen LogP contribution in [-0.4, -0.2) is 25.8 Å². The number of amides is 1. The molecule has 166 valence electrons. The molecule has 0 aliphatic rings. The molecule has 8 nitrogen and oxygen atoms in total. The first-order valence-corrected chi connectivity index (χ1v) is 10.1. The number of hydrogen-bond donors (Lipinski definition) is 2. The van der Waals surface area contributed by atoms with Gasteiger partial charge in [0.05, 0.1) is 6.42 Å². The molecule has 0 aliphatic heterocycles. The summed E-state index contributed by atoms with van der Waals surface area (Å²) in [6, 6.07) is 12.7. The largest absolute Gasteiger partial charge is 0.439 e. The van der Waals surface area contributed by atoms with E-state index in [0.717, 1.165) is 0 Å². The minimum atomic E-state index is -0.429. The first-order chi connectivity index (χ1) is 16.0. The number of nitrogens with zero attached hydrogens (tertiary/aromatic N) is 3. The molecule has 0 saturated carbocycles. The van der Waals surface area contributed by atoms with E-state index in [1.165, 1.54) is 18.2 Å². The summed E-state index contributed by atoms with van der Waals surface area (Å²) in [5.41, 5.74) is 1.64. The fourth-order valence-electron chi connectivity index (χ4n) is 3.17. The number of H-pyrrole nitrogens is 1. The summed E-state index contributed by atoms with van der Waals surface area (Å²) in [5.74, 6) is 0.148. The normalized spacial score (nSPS) is 10.6. The lowest BCUT2D eigenvalue weighted by molar-refractivity contribution is -0.120. The smallest absolute Gasteiger partial charge is 0.255 e. The van der Waals surface area contributed by atoms with E-state index >= 15 is 0 Å². The lowest BCUT2D eigenvalue weighted by Gasteiger charge is -2.11. The Hall–Kier alpha value is -4.40. The van der Waals surface area contributed by atoms with Crippen LogP contribution >= 0.6 is 0 Å². The first-order valence-electron chi connectivity index (χ1n) is 10.1. The Kier molecular flexibility index (Phi) is 6.49. The Labute approximate surface area is 188 Å². The molecule has 0 radical (unpaired) electrons. The van der Waals surface area contributed by atoms with Crippen molar-refractivity contribution in [1.82, 2.24) is 25.3 Å². The van der Waals surface area contributed by atoms with Gasteiger partial charge in [0.15, 0.2) is 0 Å². The van der Waals surface area contributed by atoms with E-state index in [0.29, 0.717) is 28.4 Å². The van der Waals surface area contributed by atoms with E-state index in [4.69, 9.17) is 4.74 Å². The van der Waals surface area contributed by atoms with E-state index < -0.39 is 5.82 Å². The summed E-state index contributed by atoms with van der Waals surface area (Å²) in [6.45, 7) is 1.80. The summed E-state index contributed by atoms with van der Waals surface area (Å²) in [7, 11) is 0. The van der Waals surface area contributed by atoms with Crippen LogP contribution in [0.25, 0.3) is 11.4 Å². The van der Waals surface area contributed by atoms with Gasteiger partial charge in [-0.2, -0.15) is 0 Å². The van der Waals surface area contributed by atoms with Gasteiger partial charge in [0, 0.05) is 53.6 Å². The second kappa shape index (κ2) is 9.82. The van der Waals surface area contributed by atoms with E-state index in [9.17, 15) is 14.0 Å². The van der Waals surface area contributed by atoms with Crippen molar-refractivity contribution in [2.75, 3.05) is 0 Å². The maximum Gasteiger partial charge on any atom is 0.255 e. The maximum atomic E-state index is 13.4. The highest BCUT2D eigenvalue weighted by molar-refractivity contribution is 5.78. The average Bonchev–Trinajstić information content (AvgIpc) is 2.81. The molecule has 0 saturated heterocycles. The molecule has 0 fully saturated rings. The molecule has 1 amide bonds. The molecule has 4 rings (SSSR count). The van der Waals surface area contributed by atoms with Crippen molar-refractivity contribution in [1.29, 1.82) is 0 Å². The van der Waals surface area contributed by atoms with Crippen molar-refractivity contribution >= 4 is 5.91 Å². The molecule has 9 heteroatoms. The van der Waals surface area contributed by atoms with Crippen LogP contribution in [0.1, 0.15) is 16.8 Å². The third kappa shape index (κ3) is 5.45. The molecule has 0 spiro atoms. The molecule has 0 aliphatic carbocycles. The zero-order chi connectivity index (χ0) is 23.2. The zero-order valence-electron chi connectivity index (χ0n) is 17.7. The Morgan fingerprint density at radius 3 is 2.76 bits per heavy atom. The summed E-state index contributed by atoms with van der Waals surface area (Å²) in [5, 5.41) is 2.76. The van der Waals surface area contributed by atoms with Crippen molar-refractivity contribution in [2.45, 2.75) is 19.9 Å². The zero-order valence-corrected chi connectivity index (χ0v) is 17.7. The Morgan fingerprint density at radius 1 is 1.15 bits per heavy atom. The highest BCUT2D eigenvalue weighted by Gasteiger charge is 2.15. The number of aromatic nitrogens is 4. The summed E-state index contributed by atoms with van der Waals surface area (Å²) < 4.78 is 19.1. The Morgan fingerprint density at radius 2 is 2.00 bits per heavy atom. The lowest BCUT2D eigenvalue weighted by Crippen LogP contribution is -2.29. The molecule has 33 heavy (non-hydrogen) atoms. The van der Waals surface area contributed by atoms with Crippen molar-refractivity contribution in [3.8, 4) is 23.0 Å². The number of ether oxygens (including phenoxy) is 1. The third-order valence-corrected chi connectivity index (χ3v) is 4.83. The molecule has 4 aromatic rings. The van der Waals surface area contributed by atoms with Crippen molar-refractivity contribution in [3.05, 3.63) is 100 Å². The number of carbonyl (C=O) groups excluding carboxylic acids is 1. The molecular weight excluding hydrogens is 425 g/mol. The van der Waals surface area contributed by atoms with Gasteiger partial charge in [0.1, 0.15) is 17.4 Å². The highest BCUT2D eigenvalue weighted by atomic mass is 19.1. The number of rotatable bonds is 7. The van der Waals surface area contributed by atoms with Crippen LogP contribution in [0.2, 0.25) is 0 Å². The molecule has 0 bridgehead atoms. The van der Waals surface area contributed by atoms with E-state index in [1.807, 2.05) is 0 Å². The highest BCUT2D eigenvalue weighted by Crippen LogP contribution is 2.23. The quantitative estimate of drug-likeness (QED) is 0.452. The number of pyridine rings is 2. The average molecular weight is 445 g/mol. The number of carbonyl (C=O) groups is 1. The molecule has 0 unspecified atom stereocenters. The SMILES string of the molecule is Cc1nc(-c2cccnc2)[nH]c(=O)c1CC(=O)NCc1cccnc1Oc1cccc(F)c1. The minimum Gasteiger partial charge on any atom is -0.439 e. The van der Waals surface area contributed by atoms with Crippen LogP contribution in [0.15, 0.2) is 71.9 Å². The van der Waals surface area contributed by atoms with Gasteiger partial charge in [-0.3, -0.25) is 14.6 Å². The van der Waals surface area contributed by atoms with Gasteiger partial charge in [-0.05, 0) is 37.3 Å². The van der Waals surface area contributed by atoms with Crippen LogP contribution in [0.5, 0.6) is 11.6 Å². The van der Waals surface area contributed by atoms with Gasteiger partial charge in [0.2, 0.25) is 11.8 Å². The molecule has 0 atom stereocenters. The van der Waals surface area contributed by atoms with Crippen LogP contribution in [0.3, 0.4) is 0 Å². The molecule has 3 aromatic heterocycles. The van der Waals surface area contributed by atoms with Crippen LogP contribution in [0.4, 0.5) is 4.39 Å². The maximum absolute atomic E-state index is 13.4. The Balaban J connectivity index is 1.44. The van der Waals surface area contributed by atoms with Gasteiger partial charge in [-0.25, -0.2) is 14.4 Å². The number of aryl methyl sites for hydroxylation is 1. The van der Waals surface area contributed by atoms with Crippen molar-refractivity contribution < 1.29 is 13.9 Å². The van der Waals surface area contributed by atoms with E-state index in [2.05, 4.69) is 25.3 Å². The van der Waals surface area contributed by atoms with Crippen LogP contribution in [0, 0.1) is 12.7 Å². The summed E-state index contributed by atoms with van der Waals surface area (Å²) in [6.07, 6.45) is 4.63. The first kappa shape index (κ1) is 21.8. The monoisotopic (exact) mass is 445 g/mol. The van der Waals surface area contributed by atoms with E-state index in [-0.39, 0.29) is 35.9 Å². The van der Waals surface area contributed by atoms with Crippen molar-refractivity contribution in [3.63, 3.8) is 0 Å². The minimum absolute atomic E-state index is 0.121. The second-order valence-corrected chi connectivity index (χ2v) is 7.20. The number of halogens is 1. The van der Waals surface area contributed by atoms with Crippen LogP contribution in [-0.2, 0) is 17.8 Å². The standard InChI is InChI=1S/C24H20FN5O3/c1-15-20(23(32)30-22(29-15)16-5-3-9-26-13-16)12-21(31)28-14-17-6-4-10-27-24(17)33-19-8-2-7-18(25)11-19/h2-11,13H,12,14H2,1H3,(H,28,31)(H,29,30,32). The van der Waals surface area contributed by atoms with E-state index in [1.54, 1.807) is 55.8 Å². The lowest BCUT2D eigenvalue weighted by atomic mass is 10.1. The Bertz CT molecular complexity index is 1340. The topological polar surface area (TPSA) is 110 Å². The summed E-state index contributed by atoms with van der Waals surface area (Å²) in [4.78, 5) is 40.4. The van der Waals surface area contributed by atoms with Gasteiger partial charge in [-0.1, -0.05) is 12.1 Å². The number of benzene rings is 1. The van der Waals surface area contributed by atoms with Gasteiger partial charge >= 0.3 is 0 Å². The predicted octanol–water partition coefficient (Wildman–Crippen LogP) is 3.33. The molecular formula is C24H20FN5O3. The van der Waals surface area contributed by atoms with Gasteiger partial charge < -0.3 is 15.0 Å². The molecule has 1 aromatic carbocycles. The fraction of sp³-hybridized carbons (Fsp3) is 0.125. The third-order valence-electron chi connectivity index (χ3n) is 4.83. The predicted molar refractivity (Wildman–Crippen MR) is 119 cm³/mol. The number of nitrogens with one attached hydrogen (secondary N) is 2. The van der Waals surface area contributed by atoms with Crippen molar-refractivity contribution in [2.24, 2.45) is 0 Å². The second-order valence-electron chi connectivity index (χ2n) is 7.20. The summed E-state index contributed by atoms with van der Waals surface area (Å²) >= 11 is 0. The van der Waals surface area contributed by atoms with Crippen LogP contribution < -0.4 is 15.6 Å². The van der Waals surface area contributed by atoms with Gasteiger partial charge in [0.25, 0.3) is 5.56 Å². The number of hydrogen-bond acceptors (Lipinski definition) is 6. The number of aromatic amines is 1. The molecule has 3 heterocycles. The molecule has 2 N–H and O–H groups in total. The van der Waals surface area contributed by atoms with Gasteiger partial charge in [-0.15, -0.1) is 0 Å².